The van der Waals surface area contributed by atoms with E-state index in [1.807, 2.05) is 0 Å². The van der Waals surface area contributed by atoms with Gasteiger partial charge in [0.05, 0.1) is 0 Å². The average Bonchev–Trinajstić information content (AvgIpc) is 1.84. The summed E-state index contributed by atoms with van der Waals surface area (Å²) in [5.74, 6) is 0. The van der Waals surface area contributed by atoms with Crippen LogP contribution in [-0.4, -0.2) is 24.6 Å². The van der Waals surface area contributed by atoms with Crippen LogP contribution in [0.1, 0.15) is 13.8 Å². The number of rotatable bonds is 1. The molecule has 0 aromatic heterocycles. The molecule has 0 aromatic rings. The van der Waals surface area contributed by atoms with Gasteiger partial charge in [-0.25, -0.2) is 4.79 Å². The lowest BCUT2D eigenvalue weighted by Crippen LogP contribution is -2.42. The molecule has 1 amide bonds. The SMILES string of the molecule is C=NC(=O)OC(C)(C)C(F)(F)F. The molecule has 0 radical (unpaired) electrons. The molecule has 0 saturated heterocycles. The van der Waals surface area contributed by atoms with Crippen molar-refractivity contribution in [3.63, 3.8) is 0 Å². The monoisotopic (exact) mass is 183 g/mol. The van der Waals surface area contributed by atoms with Crippen LogP contribution < -0.4 is 0 Å². The maximum atomic E-state index is 12.0. The van der Waals surface area contributed by atoms with Gasteiger partial charge in [0, 0.05) is 0 Å². The first kappa shape index (κ1) is 10.9. The highest BCUT2D eigenvalue weighted by atomic mass is 19.4. The van der Waals surface area contributed by atoms with Crippen molar-refractivity contribution in [2.24, 2.45) is 4.99 Å². The zero-order chi connectivity index (χ0) is 9.99. The average molecular weight is 183 g/mol. The van der Waals surface area contributed by atoms with Gasteiger partial charge in [-0.1, -0.05) is 0 Å². The van der Waals surface area contributed by atoms with Gasteiger partial charge in [0.1, 0.15) is 0 Å². The lowest BCUT2D eigenvalue weighted by atomic mass is 10.1. The summed E-state index contributed by atoms with van der Waals surface area (Å²) < 4.78 is 39.9. The van der Waals surface area contributed by atoms with Gasteiger partial charge in [-0.3, -0.25) is 0 Å². The Morgan fingerprint density at radius 1 is 1.42 bits per heavy atom. The van der Waals surface area contributed by atoms with Crippen molar-refractivity contribution in [2.45, 2.75) is 25.6 Å². The van der Waals surface area contributed by atoms with Crippen molar-refractivity contribution < 1.29 is 22.7 Å². The van der Waals surface area contributed by atoms with Crippen LogP contribution >= 0.6 is 0 Å². The summed E-state index contributed by atoms with van der Waals surface area (Å²) in [6.07, 6.45) is -5.94. The molecule has 0 saturated carbocycles. The van der Waals surface area contributed by atoms with Crippen LogP contribution in [0.5, 0.6) is 0 Å². The van der Waals surface area contributed by atoms with Crippen LogP contribution in [0, 0.1) is 0 Å². The minimum atomic E-state index is -4.60. The zero-order valence-corrected chi connectivity index (χ0v) is 6.60. The Kier molecular flexibility index (Phi) is 2.84. The quantitative estimate of drug-likeness (QED) is 0.584. The highest BCUT2D eigenvalue weighted by Gasteiger charge is 2.50. The number of hydrogen-bond acceptors (Lipinski definition) is 2. The van der Waals surface area contributed by atoms with Crippen LogP contribution in [0.3, 0.4) is 0 Å². The fourth-order valence-corrected chi connectivity index (χ4v) is 0.308. The number of halogens is 3. The van der Waals surface area contributed by atoms with E-state index in [0.29, 0.717) is 0 Å². The molecule has 0 heterocycles. The molecule has 6 heteroatoms. The Balaban J connectivity index is 4.43. The number of hydrogen-bond donors (Lipinski definition) is 0. The molecule has 0 fully saturated rings. The number of amides is 1. The Hall–Kier alpha value is -1.07. The highest BCUT2D eigenvalue weighted by molar-refractivity contribution is 5.73. The van der Waals surface area contributed by atoms with E-state index in [-0.39, 0.29) is 0 Å². The van der Waals surface area contributed by atoms with Gasteiger partial charge in [-0.05, 0) is 20.6 Å². The Labute approximate surface area is 67.2 Å². The third-order valence-corrected chi connectivity index (χ3v) is 1.15. The molecule has 0 unspecified atom stereocenters. The molecule has 0 N–H and O–H groups in total. The van der Waals surface area contributed by atoms with Crippen molar-refractivity contribution in [3.05, 3.63) is 0 Å². The number of ether oxygens (including phenoxy) is 1. The van der Waals surface area contributed by atoms with Gasteiger partial charge < -0.3 is 4.74 Å². The van der Waals surface area contributed by atoms with Gasteiger partial charge in [0.2, 0.25) is 5.60 Å². The molecule has 0 aliphatic rings. The third kappa shape index (κ3) is 2.52. The van der Waals surface area contributed by atoms with Gasteiger partial charge >= 0.3 is 12.3 Å². The summed E-state index contributed by atoms with van der Waals surface area (Å²) in [5.41, 5.74) is -2.52. The molecule has 0 bridgehead atoms. The zero-order valence-electron chi connectivity index (χ0n) is 6.60. The van der Waals surface area contributed by atoms with E-state index in [1.165, 1.54) is 0 Å². The first-order valence-electron chi connectivity index (χ1n) is 2.97. The first-order valence-corrected chi connectivity index (χ1v) is 2.97. The smallest absolute Gasteiger partial charge is 0.432 e. The third-order valence-electron chi connectivity index (χ3n) is 1.15. The summed E-state index contributed by atoms with van der Waals surface area (Å²) in [6, 6.07) is 0. The molecule has 70 valence electrons. The second-order valence-corrected chi connectivity index (χ2v) is 2.53. The standard InChI is InChI=1S/C6H8F3NO2/c1-5(2,6(7,8)9)12-4(11)10-3/h3H2,1-2H3. The predicted molar refractivity (Wildman–Crippen MR) is 36.2 cm³/mol. The van der Waals surface area contributed by atoms with Crippen LogP contribution in [0.4, 0.5) is 18.0 Å². The van der Waals surface area contributed by atoms with E-state index in [2.05, 4.69) is 16.4 Å². The minimum Gasteiger partial charge on any atom is -0.432 e. The Morgan fingerprint density at radius 2 is 1.83 bits per heavy atom. The number of carbonyl (C=O) groups is 1. The Bertz CT molecular complexity index is 197. The molecule has 0 aliphatic carbocycles. The molecule has 0 aliphatic heterocycles. The number of aliphatic imine (C=N–C) groups is 1. The molecule has 0 aromatic carbocycles. The summed E-state index contributed by atoms with van der Waals surface area (Å²) in [6.45, 7) is 4.20. The van der Waals surface area contributed by atoms with E-state index >= 15 is 0 Å². The van der Waals surface area contributed by atoms with Crippen LogP contribution in [0.15, 0.2) is 4.99 Å². The topological polar surface area (TPSA) is 38.7 Å². The van der Waals surface area contributed by atoms with Gasteiger partial charge in [0.15, 0.2) is 0 Å². The summed E-state index contributed by atoms with van der Waals surface area (Å²) in [4.78, 5) is 13.0. The van der Waals surface area contributed by atoms with Crippen molar-refractivity contribution in [1.82, 2.24) is 0 Å². The molecular weight excluding hydrogens is 175 g/mol. The first-order chi connectivity index (χ1) is 5.20. The molecular formula is C6H8F3NO2. The van der Waals surface area contributed by atoms with Crippen LogP contribution in [-0.2, 0) is 4.74 Å². The van der Waals surface area contributed by atoms with Crippen molar-refractivity contribution in [1.29, 1.82) is 0 Å². The molecule has 12 heavy (non-hydrogen) atoms. The number of carbonyl (C=O) groups excluding carboxylic acids is 1. The number of nitrogens with zero attached hydrogens (tertiary/aromatic N) is 1. The van der Waals surface area contributed by atoms with Crippen LogP contribution in [0.25, 0.3) is 0 Å². The van der Waals surface area contributed by atoms with E-state index < -0.39 is 17.9 Å². The van der Waals surface area contributed by atoms with E-state index in [0.717, 1.165) is 13.8 Å². The van der Waals surface area contributed by atoms with E-state index in [1.54, 1.807) is 0 Å². The van der Waals surface area contributed by atoms with Crippen molar-refractivity contribution in [2.75, 3.05) is 0 Å². The minimum absolute atomic E-state index is 0.732. The fourth-order valence-electron chi connectivity index (χ4n) is 0.308. The lowest BCUT2D eigenvalue weighted by molar-refractivity contribution is -0.243. The second kappa shape index (κ2) is 3.12. The Morgan fingerprint density at radius 3 is 2.08 bits per heavy atom. The molecule has 3 nitrogen and oxygen atoms in total. The van der Waals surface area contributed by atoms with Crippen molar-refractivity contribution in [3.8, 4) is 0 Å². The fraction of sp³-hybridized carbons (Fsp3) is 0.667. The summed E-state index contributed by atoms with van der Waals surface area (Å²) >= 11 is 0. The largest absolute Gasteiger partial charge is 0.433 e. The summed E-state index contributed by atoms with van der Waals surface area (Å²) in [7, 11) is 0. The van der Waals surface area contributed by atoms with Gasteiger partial charge in [-0.2, -0.15) is 18.2 Å². The normalized spacial score (nSPS) is 12.4. The maximum Gasteiger partial charge on any atom is 0.433 e. The highest BCUT2D eigenvalue weighted by Crippen LogP contribution is 2.32. The second-order valence-electron chi connectivity index (χ2n) is 2.53. The molecule has 0 atom stereocenters. The summed E-state index contributed by atoms with van der Waals surface area (Å²) in [5, 5.41) is 0. The molecule has 0 spiro atoms. The van der Waals surface area contributed by atoms with E-state index in [9.17, 15) is 18.0 Å². The number of alkyl halides is 3. The predicted octanol–water partition coefficient (Wildman–Crippen LogP) is 2.16. The maximum absolute atomic E-state index is 12.0. The molecule has 0 rings (SSSR count). The van der Waals surface area contributed by atoms with Crippen LogP contribution in [0.2, 0.25) is 0 Å². The van der Waals surface area contributed by atoms with Gasteiger partial charge in [0.25, 0.3) is 0 Å². The van der Waals surface area contributed by atoms with Crippen molar-refractivity contribution >= 4 is 12.8 Å². The lowest BCUT2D eigenvalue weighted by Gasteiger charge is -2.26. The van der Waals surface area contributed by atoms with Gasteiger partial charge in [-0.15, -0.1) is 0 Å². The van der Waals surface area contributed by atoms with E-state index in [4.69, 9.17) is 0 Å².